The Morgan fingerprint density at radius 3 is 2.53 bits per heavy atom. The van der Waals surface area contributed by atoms with Gasteiger partial charge in [-0.1, -0.05) is 12.1 Å². The van der Waals surface area contributed by atoms with E-state index < -0.39 is 18.6 Å². The van der Waals surface area contributed by atoms with Gasteiger partial charge in [0.1, 0.15) is 5.75 Å². The van der Waals surface area contributed by atoms with Crippen molar-refractivity contribution in [3.05, 3.63) is 29.8 Å². The molecule has 84 valence electrons. The number of nitrogens with two attached hydrogens (primary N) is 1. The maximum absolute atomic E-state index is 12.5. The van der Waals surface area contributed by atoms with Gasteiger partial charge in [-0.05, 0) is 17.7 Å². The minimum atomic E-state index is -4.32. The van der Waals surface area contributed by atoms with Crippen LogP contribution in [0.1, 0.15) is 11.5 Å². The third-order valence-electron chi connectivity index (χ3n) is 2.13. The molecular formula is C10H12F3NO. The summed E-state index contributed by atoms with van der Waals surface area (Å²) in [6.07, 6.45) is -4.32. The quantitative estimate of drug-likeness (QED) is 0.846. The lowest BCUT2D eigenvalue weighted by Gasteiger charge is -2.19. The molecule has 0 saturated heterocycles. The van der Waals surface area contributed by atoms with Crippen LogP contribution in [-0.2, 0) is 0 Å². The molecule has 2 N–H and O–H groups in total. The van der Waals surface area contributed by atoms with E-state index >= 15 is 0 Å². The van der Waals surface area contributed by atoms with E-state index in [1.807, 2.05) is 0 Å². The van der Waals surface area contributed by atoms with E-state index in [0.29, 0.717) is 5.75 Å². The number of alkyl halides is 3. The Balaban J connectivity index is 3.02. The van der Waals surface area contributed by atoms with E-state index in [0.717, 1.165) is 0 Å². The van der Waals surface area contributed by atoms with Gasteiger partial charge in [-0.25, -0.2) is 0 Å². The van der Waals surface area contributed by atoms with E-state index in [9.17, 15) is 13.2 Å². The number of methoxy groups -OCH3 is 1. The van der Waals surface area contributed by atoms with E-state index in [-0.39, 0.29) is 5.56 Å². The number of halogens is 3. The number of ether oxygens (including phenoxy) is 1. The van der Waals surface area contributed by atoms with E-state index in [1.54, 1.807) is 6.07 Å². The molecule has 0 bridgehead atoms. The predicted molar refractivity (Wildman–Crippen MR) is 50.8 cm³/mol. The van der Waals surface area contributed by atoms with Gasteiger partial charge in [-0.2, -0.15) is 13.2 Å². The molecule has 1 atom stereocenters. The van der Waals surface area contributed by atoms with Gasteiger partial charge in [0.2, 0.25) is 0 Å². The standard InChI is InChI=1S/C10H12F3NO/c1-15-8-4-2-3-7(5-8)9(6-14)10(11,12)13/h2-5,9H,6,14H2,1H3. The fourth-order valence-corrected chi connectivity index (χ4v) is 1.32. The second kappa shape index (κ2) is 4.53. The molecule has 1 aromatic carbocycles. The van der Waals surface area contributed by atoms with Gasteiger partial charge >= 0.3 is 6.18 Å². The first-order chi connectivity index (χ1) is 6.99. The van der Waals surface area contributed by atoms with Crippen molar-refractivity contribution in [1.29, 1.82) is 0 Å². The van der Waals surface area contributed by atoms with Crippen molar-refractivity contribution < 1.29 is 17.9 Å². The first-order valence-electron chi connectivity index (χ1n) is 4.39. The Hall–Kier alpha value is -1.23. The highest BCUT2D eigenvalue weighted by Crippen LogP contribution is 2.34. The van der Waals surface area contributed by atoms with Crippen molar-refractivity contribution in [3.8, 4) is 5.75 Å². The Labute approximate surface area is 85.8 Å². The van der Waals surface area contributed by atoms with Crippen LogP contribution in [0.3, 0.4) is 0 Å². The summed E-state index contributed by atoms with van der Waals surface area (Å²) in [7, 11) is 1.41. The summed E-state index contributed by atoms with van der Waals surface area (Å²) in [4.78, 5) is 0. The number of rotatable bonds is 3. The minimum Gasteiger partial charge on any atom is -0.497 e. The average molecular weight is 219 g/mol. The molecule has 0 aromatic heterocycles. The van der Waals surface area contributed by atoms with Crippen molar-refractivity contribution in [2.24, 2.45) is 5.73 Å². The van der Waals surface area contributed by atoms with Crippen LogP contribution in [0, 0.1) is 0 Å². The Morgan fingerprint density at radius 2 is 2.07 bits per heavy atom. The van der Waals surface area contributed by atoms with Crippen LogP contribution in [0.2, 0.25) is 0 Å². The lowest BCUT2D eigenvalue weighted by molar-refractivity contribution is -0.148. The largest absolute Gasteiger partial charge is 0.497 e. The normalized spacial score (nSPS) is 13.7. The zero-order chi connectivity index (χ0) is 11.5. The second-order valence-electron chi connectivity index (χ2n) is 3.11. The molecule has 1 aromatic rings. The highest BCUT2D eigenvalue weighted by Gasteiger charge is 2.39. The molecule has 0 radical (unpaired) electrons. The lowest BCUT2D eigenvalue weighted by atomic mass is 9.98. The average Bonchev–Trinajstić information content (AvgIpc) is 2.17. The highest BCUT2D eigenvalue weighted by atomic mass is 19.4. The van der Waals surface area contributed by atoms with E-state index in [2.05, 4.69) is 0 Å². The second-order valence-corrected chi connectivity index (χ2v) is 3.11. The summed E-state index contributed by atoms with van der Waals surface area (Å²) in [5, 5.41) is 0. The fourth-order valence-electron chi connectivity index (χ4n) is 1.32. The molecule has 0 aliphatic rings. The smallest absolute Gasteiger partial charge is 0.396 e. The van der Waals surface area contributed by atoms with Crippen molar-refractivity contribution in [1.82, 2.24) is 0 Å². The SMILES string of the molecule is COc1cccc(C(CN)C(F)(F)F)c1. The lowest BCUT2D eigenvalue weighted by Crippen LogP contribution is -2.27. The van der Waals surface area contributed by atoms with Gasteiger partial charge in [0.25, 0.3) is 0 Å². The molecule has 5 heteroatoms. The molecule has 1 unspecified atom stereocenters. The van der Waals surface area contributed by atoms with Crippen LogP contribution >= 0.6 is 0 Å². The zero-order valence-corrected chi connectivity index (χ0v) is 8.21. The Bertz CT molecular complexity index is 325. The molecule has 0 spiro atoms. The molecule has 15 heavy (non-hydrogen) atoms. The topological polar surface area (TPSA) is 35.2 Å². The fraction of sp³-hybridized carbons (Fsp3) is 0.400. The van der Waals surface area contributed by atoms with Gasteiger partial charge in [0, 0.05) is 6.54 Å². The predicted octanol–water partition coefficient (Wildman–Crippen LogP) is 2.30. The monoisotopic (exact) mass is 219 g/mol. The molecule has 0 heterocycles. The Morgan fingerprint density at radius 1 is 1.40 bits per heavy atom. The highest BCUT2D eigenvalue weighted by molar-refractivity contribution is 5.31. The molecular weight excluding hydrogens is 207 g/mol. The van der Waals surface area contributed by atoms with Crippen LogP contribution in [0.4, 0.5) is 13.2 Å². The van der Waals surface area contributed by atoms with E-state index in [1.165, 1.54) is 25.3 Å². The Kier molecular flexibility index (Phi) is 3.57. The molecule has 0 fully saturated rings. The van der Waals surface area contributed by atoms with Gasteiger partial charge in [0.05, 0.1) is 13.0 Å². The number of hydrogen-bond acceptors (Lipinski definition) is 2. The van der Waals surface area contributed by atoms with Crippen molar-refractivity contribution >= 4 is 0 Å². The first kappa shape index (κ1) is 11.8. The zero-order valence-electron chi connectivity index (χ0n) is 8.21. The maximum Gasteiger partial charge on any atom is 0.396 e. The summed E-state index contributed by atoms with van der Waals surface area (Å²) >= 11 is 0. The van der Waals surface area contributed by atoms with Gasteiger partial charge in [0.15, 0.2) is 0 Å². The summed E-state index contributed by atoms with van der Waals surface area (Å²) in [6, 6.07) is 5.86. The van der Waals surface area contributed by atoms with Gasteiger partial charge in [-0.15, -0.1) is 0 Å². The molecule has 2 nitrogen and oxygen atoms in total. The molecule has 0 amide bonds. The molecule has 0 saturated carbocycles. The third-order valence-corrected chi connectivity index (χ3v) is 2.13. The maximum atomic E-state index is 12.5. The van der Waals surface area contributed by atoms with Crippen molar-refractivity contribution in [3.63, 3.8) is 0 Å². The number of hydrogen-bond donors (Lipinski definition) is 1. The molecule has 0 aliphatic heterocycles. The van der Waals surface area contributed by atoms with Crippen molar-refractivity contribution in [2.45, 2.75) is 12.1 Å². The van der Waals surface area contributed by atoms with Gasteiger partial charge in [-0.3, -0.25) is 0 Å². The number of benzene rings is 1. The summed E-state index contributed by atoms with van der Waals surface area (Å²) in [5.41, 5.74) is 5.25. The van der Waals surface area contributed by atoms with Crippen molar-refractivity contribution in [2.75, 3.05) is 13.7 Å². The molecule has 1 rings (SSSR count). The molecule has 0 aliphatic carbocycles. The first-order valence-corrected chi connectivity index (χ1v) is 4.39. The van der Waals surface area contributed by atoms with Crippen LogP contribution < -0.4 is 10.5 Å². The van der Waals surface area contributed by atoms with Gasteiger partial charge < -0.3 is 10.5 Å². The third kappa shape index (κ3) is 2.86. The van der Waals surface area contributed by atoms with Crippen LogP contribution in [0.5, 0.6) is 5.75 Å². The minimum absolute atomic E-state index is 0.129. The summed E-state index contributed by atoms with van der Waals surface area (Å²) < 4.78 is 42.4. The summed E-state index contributed by atoms with van der Waals surface area (Å²) in [5.74, 6) is -1.23. The summed E-state index contributed by atoms with van der Waals surface area (Å²) in [6.45, 7) is -0.462. The van der Waals surface area contributed by atoms with E-state index in [4.69, 9.17) is 10.5 Å². The van der Waals surface area contributed by atoms with Crippen LogP contribution in [0.25, 0.3) is 0 Å². The van der Waals surface area contributed by atoms with Crippen LogP contribution in [-0.4, -0.2) is 19.8 Å². The van der Waals surface area contributed by atoms with Crippen LogP contribution in [0.15, 0.2) is 24.3 Å².